The number of halogens is 2. The van der Waals surface area contributed by atoms with Crippen molar-refractivity contribution in [2.45, 2.75) is 13.8 Å². The summed E-state index contributed by atoms with van der Waals surface area (Å²) in [7, 11) is 0. The summed E-state index contributed by atoms with van der Waals surface area (Å²) in [5, 5.41) is 4.79. The number of anilines is 2. The summed E-state index contributed by atoms with van der Waals surface area (Å²) in [6, 6.07) is 14.0. The maximum Gasteiger partial charge on any atom is 0.335 e. The smallest absolute Gasteiger partial charge is 0.335 e. The number of aryl methyl sites for hydroxylation is 1. The van der Waals surface area contributed by atoms with E-state index in [1.807, 2.05) is 6.92 Å². The summed E-state index contributed by atoms with van der Waals surface area (Å²) >= 11 is 6.43. The minimum atomic E-state index is -0.861. The van der Waals surface area contributed by atoms with E-state index >= 15 is 0 Å². The Morgan fingerprint density at radius 2 is 1.74 bits per heavy atom. The van der Waals surface area contributed by atoms with Gasteiger partial charge in [0.2, 0.25) is 0 Å². The Kier molecular flexibility index (Phi) is 8.26. The number of imide groups is 2. The number of hydrogen-bond acceptors (Lipinski definition) is 6. The van der Waals surface area contributed by atoms with Gasteiger partial charge in [0.05, 0.1) is 17.3 Å². The summed E-state index contributed by atoms with van der Waals surface area (Å²) in [5.74, 6) is -2.38. The molecule has 0 atom stereocenters. The summed E-state index contributed by atoms with van der Waals surface area (Å²) in [4.78, 5) is 51.3. The van der Waals surface area contributed by atoms with Gasteiger partial charge in [-0.1, -0.05) is 29.3 Å². The van der Waals surface area contributed by atoms with E-state index < -0.39 is 36.2 Å². The fourth-order valence-electron chi connectivity index (χ4n) is 3.69. The molecule has 1 saturated heterocycles. The molecule has 200 valence electrons. The summed E-state index contributed by atoms with van der Waals surface area (Å²) in [6.45, 7) is 3.39. The molecule has 1 heterocycles. The van der Waals surface area contributed by atoms with Gasteiger partial charge in [0.15, 0.2) is 18.1 Å². The standard InChI is InChI=1S/C28H23ClFN3O6/c1-3-38-23-14-17(13-22(29)25(23)39-15-24(34)31-19-8-6-18(30)7-9-19)12-21-26(35)32-28(37)33(27(21)36)20-10-4-16(2)5-11-20/h4-14H,3,15H2,1-2H3,(H,31,34)(H,32,35,37)/b21-12+. The first-order chi connectivity index (χ1) is 18.7. The molecular formula is C28H23ClFN3O6. The molecule has 2 N–H and O–H groups in total. The summed E-state index contributed by atoms with van der Waals surface area (Å²) in [6.07, 6.45) is 1.28. The molecule has 5 amide bonds. The van der Waals surface area contributed by atoms with Gasteiger partial charge in [-0.3, -0.25) is 19.7 Å². The van der Waals surface area contributed by atoms with Gasteiger partial charge < -0.3 is 14.8 Å². The minimum absolute atomic E-state index is 0.0533. The van der Waals surface area contributed by atoms with Crippen molar-refractivity contribution < 1.29 is 33.0 Å². The van der Waals surface area contributed by atoms with Crippen LogP contribution < -0.4 is 25.0 Å². The molecule has 0 saturated carbocycles. The molecule has 39 heavy (non-hydrogen) atoms. The van der Waals surface area contributed by atoms with Crippen molar-refractivity contribution >= 4 is 52.8 Å². The van der Waals surface area contributed by atoms with Crippen LogP contribution in [0, 0.1) is 12.7 Å². The number of ether oxygens (including phenoxy) is 2. The monoisotopic (exact) mass is 551 g/mol. The zero-order valence-electron chi connectivity index (χ0n) is 20.9. The van der Waals surface area contributed by atoms with E-state index in [-0.39, 0.29) is 28.7 Å². The Labute approximate surface area is 228 Å². The Morgan fingerprint density at radius 3 is 2.41 bits per heavy atom. The molecule has 0 spiro atoms. The van der Waals surface area contributed by atoms with Gasteiger partial charge in [-0.05, 0) is 74.0 Å². The minimum Gasteiger partial charge on any atom is -0.490 e. The first-order valence-electron chi connectivity index (χ1n) is 11.8. The topological polar surface area (TPSA) is 114 Å². The van der Waals surface area contributed by atoms with Gasteiger partial charge in [-0.2, -0.15) is 0 Å². The summed E-state index contributed by atoms with van der Waals surface area (Å²) in [5.41, 5.74) is 1.65. The van der Waals surface area contributed by atoms with Gasteiger partial charge in [0, 0.05) is 5.69 Å². The number of carbonyl (C=O) groups excluding carboxylic acids is 4. The number of rotatable bonds is 8. The number of carbonyl (C=O) groups is 4. The number of barbiturate groups is 1. The SMILES string of the molecule is CCOc1cc(/C=C2\C(=O)NC(=O)N(c3ccc(C)cc3)C2=O)cc(Cl)c1OCC(=O)Nc1ccc(F)cc1. The molecule has 0 aromatic heterocycles. The molecule has 9 nitrogen and oxygen atoms in total. The fraction of sp³-hybridized carbons (Fsp3) is 0.143. The fourth-order valence-corrected chi connectivity index (χ4v) is 3.97. The lowest BCUT2D eigenvalue weighted by Gasteiger charge is -2.26. The van der Waals surface area contributed by atoms with Gasteiger partial charge in [0.1, 0.15) is 11.4 Å². The van der Waals surface area contributed by atoms with E-state index in [0.717, 1.165) is 10.5 Å². The number of nitrogens with one attached hydrogen (secondary N) is 2. The molecule has 1 aliphatic rings. The van der Waals surface area contributed by atoms with Crippen LogP contribution in [0.3, 0.4) is 0 Å². The molecular weight excluding hydrogens is 529 g/mol. The molecule has 0 aliphatic carbocycles. The van der Waals surface area contributed by atoms with Crippen LogP contribution in [0.5, 0.6) is 11.5 Å². The van der Waals surface area contributed by atoms with E-state index in [0.29, 0.717) is 16.9 Å². The van der Waals surface area contributed by atoms with Crippen molar-refractivity contribution in [1.29, 1.82) is 0 Å². The Morgan fingerprint density at radius 1 is 1.05 bits per heavy atom. The van der Waals surface area contributed by atoms with Crippen LogP contribution in [-0.2, 0) is 14.4 Å². The second-order valence-electron chi connectivity index (χ2n) is 8.40. The average Bonchev–Trinajstić information content (AvgIpc) is 2.88. The van der Waals surface area contributed by atoms with Crippen LogP contribution in [0.4, 0.5) is 20.6 Å². The highest BCUT2D eigenvalue weighted by Crippen LogP contribution is 2.37. The molecule has 1 aliphatic heterocycles. The number of benzene rings is 3. The van der Waals surface area contributed by atoms with E-state index in [1.54, 1.807) is 31.2 Å². The maximum absolute atomic E-state index is 13.2. The predicted octanol–water partition coefficient (Wildman–Crippen LogP) is 4.87. The molecule has 1 fully saturated rings. The number of hydrogen-bond donors (Lipinski definition) is 2. The maximum atomic E-state index is 13.2. The van der Waals surface area contributed by atoms with Gasteiger partial charge in [-0.15, -0.1) is 0 Å². The quantitative estimate of drug-likeness (QED) is 0.305. The first kappa shape index (κ1) is 27.3. The molecule has 0 bridgehead atoms. The average molecular weight is 552 g/mol. The van der Waals surface area contributed by atoms with Crippen LogP contribution in [-0.4, -0.2) is 37.0 Å². The van der Waals surface area contributed by atoms with Gasteiger partial charge >= 0.3 is 6.03 Å². The summed E-state index contributed by atoms with van der Waals surface area (Å²) < 4.78 is 24.3. The lowest BCUT2D eigenvalue weighted by Crippen LogP contribution is -2.54. The third kappa shape index (κ3) is 6.42. The van der Waals surface area contributed by atoms with Crippen molar-refractivity contribution in [3.05, 3.63) is 88.2 Å². The Hall–Kier alpha value is -4.70. The highest BCUT2D eigenvalue weighted by molar-refractivity contribution is 6.39. The van der Waals surface area contributed by atoms with Crippen LogP contribution >= 0.6 is 11.6 Å². The highest BCUT2D eigenvalue weighted by Gasteiger charge is 2.36. The van der Waals surface area contributed by atoms with Gasteiger partial charge in [-0.25, -0.2) is 14.1 Å². The van der Waals surface area contributed by atoms with E-state index in [9.17, 15) is 23.6 Å². The molecule has 11 heteroatoms. The van der Waals surface area contributed by atoms with Crippen molar-refractivity contribution in [1.82, 2.24) is 5.32 Å². The van der Waals surface area contributed by atoms with Crippen LogP contribution in [0.1, 0.15) is 18.1 Å². The van der Waals surface area contributed by atoms with Gasteiger partial charge in [0.25, 0.3) is 17.7 Å². The van der Waals surface area contributed by atoms with Crippen molar-refractivity contribution in [3.63, 3.8) is 0 Å². The van der Waals surface area contributed by atoms with E-state index in [1.165, 1.54) is 42.5 Å². The van der Waals surface area contributed by atoms with Crippen LogP contribution in [0.15, 0.2) is 66.2 Å². The van der Waals surface area contributed by atoms with Crippen molar-refractivity contribution in [2.24, 2.45) is 0 Å². The van der Waals surface area contributed by atoms with Crippen molar-refractivity contribution in [2.75, 3.05) is 23.4 Å². The molecule has 0 radical (unpaired) electrons. The third-order valence-electron chi connectivity index (χ3n) is 5.51. The number of amides is 5. The predicted molar refractivity (Wildman–Crippen MR) is 143 cm³/mol. The number of urea groups is 1. The largest absolute Gasteiger partial charge is 0.490 e. The molecule has 4 rings (SSSR count). The normalized spacial score (nSPS) is 14.3. The zero-order chi connectivity index (χ0) is 28.1. The highest BCUT2D eigenvalue weighted by atomic mass is 35.5. The van der Waals surface area contributed by atoms with E-state index in [2.05, 4.69) is 10.6 Å². The second kappa shape index (κ2) is 11.8. The Balaban J connectivity index is 1.57. The second-order valence-corrected chi connectivity index (χ2v) is 8.81. The zero-order valence-corrected chi connectivity index (χ0v) is 21.7. The van der Waals surface area contributed by atoms with Crippen LogP contribution in [0.25, 0.3) is 6.08 Å². The lowest BCUT2D eigenvalue weighted by atomic mass is 10.1. The van der Waals surface area contributed by atoms with Crippen molar-refractivity contribution in [3.8, 4) is 11.5 Å². The van der Waals surface area contributed by atoms with Crippen LogP contribution in [0.2, 0.25) is 5.02 Å². The lowest BCUT2D eigenvalue weighted by molar-refractivity contribution is -0.122. The molecule has 3 aromatic rings. The molecule has 3 aromatic carbocycles. The first-order valence-corrected chi connectivity index (χ1v) is 12.2. The number of nitrogens with zero attached hydrogens (tertiary/aromatic N) is 1. The Bertz CT molecular complexity index is 1470. The van der Waals surface area contributed by atoms with E-state index in [4.69, 9.17) is 21.1 Å². The third-order valence-corrected chi connectivity index (χ3v) is 5.79. The molecule has 0 unspecified atom stereocenters.